The number of nitrogens with one attached hydrogen (secondary N) is 1. The minimum atomic E-state index is -1.01. The second-order valence-electron chi connectivity index (χ2n) is 6.31. The van der Waals surface area contributed by atoms with Crippen LogP contribution in [0, 0.1) is 6.92 Å². The summed E-state index contributed by atoms with van der Waals surface area (Å²) < 4.78 is 5.17. The quantitative estimate of drug-likeness (QED) is 0.877. The maximum absolute atomic E-state index is 12.7. The van der Waals surface area contributed by atoms with Gasteiger partial charge in [-0.3, -0.25) is 9.59 Å². The average molecular weight is 356 g/mol. The van der Waals surface area contributed by atoms with Gasteiger partial charge in [0.25, 0.3) is 5.91 Å². The topological polar surface area (TPSA) is 99.9 Å². The molecule has 7 nitrogen and oxygen atoms in total. The molecule has 7 heteroatoms. The zero-order chi connectivity index (χ0) is 18.7. The highest BCUT2D eigenvalue weighted by Crippen LogP contribution is 2.22. The van der Waals surface area contributed by atoms with Crippen LogP contribution in [0.2, 0.25) is 0 Å². The van der Waals surface area contributed by atoms with Crippen molar-refractivity contribution >= 4 is 23.5 Å². The third-order valence-corrected chi connectivity index (χ3v) is 4.52. The number of anilines is 1. The lowest BCUT2D eigenvalue weighted by molar-refractivity contribution is -0.121. The number of carboxylic acid groups (broad SMARTS) is 1. The van der Waals surface area contributed by atoms with Gasteiger partial charge in [0, 0.05) is 12.2 Å². The zero-order valence-corrected chi connectivity index (χ0v) is 14.4. The minimum absolute atomic E-state index is 0.190. The molecule has 136 valence electrons. The Bertz CT molecular complexity index is 828. The Kier molecular flexibility index (Phi) is 5.06. The van der Waals surface area contributed by atoms with Crippen molar-refractivity contribution in [2.24, 2.45) is 0 Å². The molecule has 0 spiro atoms. The van der Waals surface area contributed by atoms with Gasteiger partial charge in [-0.2, -0.15) is 0 Å². The van der Waals surface area contributed by atoms with E-state index >= 15 is 0 Å². The van der Waals surface area contributed by atoms with E-state index < -0.39 is 12.0 Å². The second kappa shape index (κ2) is 7.43. The molecule has 1 fully saturated rings. The molecule has 2 N–H and O–H groups in total. The Morgan fingerprint density at radius 2 is 2.04 bits per heavy atom. The number of amides is 2. The number of furan rings is 1. The van der Waals surface area contributed by atoms with Gasteiger partial charge < -0.3 is 19.7 Å². The van der Waals surface area contributed by atoms with E-state index in [0.29, 0.717) is 24.2 Å². The second-order valence-corrected chi connectivity index (χ2v) is 6.31. The van der Waals surface area contributed by atoms with Crippen molar-refractivity contribution in [2.75, 3.05) is 11.9 Å². The lowest BCUT2D eigenvalue weighted by atomic mass is 10.0. The molecule has 2 heterocycles. The smallest absolute Gasteiger partial charge is 0.335 e. The Morgan fingerprint density at radius 3 is 2.69 bits per heavy atom. The molecule has 0 bridgehead atoms. The Morgan fingerprint density at radius 1 is 1.23 bits per heavy atom. The predicted molar refractivity (Wildman–Crippen MR) is 94.2 cm³/mol. The fourth-order valence-electron chi connectivity index (χ4n) is 3.20. The number of piperidine rings is 1. The molecule has 1 atom stereocenters. The Hall–Kier alpha value is -3.09. The van der Waals surface area contributed by atoms with Crippen LogP contribution in [-0.2, 0) is 4.79 Å². The highest BCUT2D eigenvalue weighted by atomic mass is 16.4. The maximum Gasteiger partial charge on any atom is 0.335 e. The van der Waals surface area contributed by atoms with Gasteiger partial charge in [0.15, 0.2) is 5.76 Å². The molecule has 0 saturated carbocycles. The van der Waals surface area contributed by atoms with Gasteiger partial charge in [0.1, 0.15) is 6.04 Å². The molecule has 2 aromatic rings. The fourth-order valence-corrected chi connectivity index (χ4v) is 3.20. The molecular weight excluding hydrogens is 336 g/mol. The molecule has 1 saturated heterocycles. The largest absolute Gasteiger partial charge is 0.478 e. The summed E-state index contributed by atoms with van der Waals surface area (Å²) >= 11 is 0. The van der Waals surface area contributed by atoms with Gasteiger partial charge in [-0.05, 0) is 62.1 Å². The first-order valence-corrected chi connectivity index (χ1v) is 8.46. The summed E-state index contributed by atoms with van der Waals surface area (Å²) in [6.45, 7) is 2.17. The van der Waals surface area contributed by atoms with Crippen molar-refractivity contribution in [1.29, 1.82) is 0 Å². The van der Waals surface area contributed by atoms with Crippen LogP contribution in [0.25, 0.3) is 0 Å². The van der Waals surface area contributed by atoms with Crippen molar-refractivity contribution in [3.63, 3.8) is 0 Å². The van der Waals surface area contributed by atoms with Crippen LogP contribution in [-0.4, -0.2) is 40.4 Å². The summed E-state index contributed by atoms with van der Waals surface area (Å²) in [6, 6.07) is 7.26. The molecular formula is C19H20N2O5. The number of likely N-dealkylation sites (tertiary alicyclic amines) is 1. The summed E-state index contributed by atoms with van der Waals surface area (Å²) in [6.07, 6.45) is 3.70. The van der Waals surface area contributed by atoms with E-state index in [0.717, 1.165) is 12.8 Å². The molecule has 1 unspecified atom stereocenters. The third-order valence-electron chi connectivity index (χ3n) is 4.52. The maximum atomic E-state index is 12.7. The number of nitrogens with zero attached hydrogens (tertiary/aromatic N) is 1. The van der Waals surface area contributed by atoms with Crippen molar-refractivity contribution in [1.82, 2.24) is 4.90 Å². The standard InChI is InChI=1S/C19H20N2O5/c1-12-11-13(7-8-14(12)19(24)25)20-17(22)15-5-2-3-9-21(15)18(23)16-6-4-10-26-16/h4,6-8,10-11,15H,2-3,5,9H2,1H3,(H,20,22)(H,24,25). The summed E-state index contributed by atoms with van der Waals surface area (Å²) in [5, 5.41) is 11.9. The monoisotopic (exact) mass is 356 g/mol. The van der Waals surface area contributed by atoms with E-state index in [1.807, 2.05) is 0 Å². The number of rotatable bonds is 4. The minimum Gasteiger partial charge on any atom is -0.478 e. The molecule has 0 radical (unpaired) electrons. The molecule has 1 aromatic heterocycles. The van der Waals surface area contributed by atoms with E-state index in [9.17, 15) is 14.4 Å². The number of carbonyl (C=O) groups excluding carboxylic acids is 2. The Balaban J connectivity index is 1.76. The molecule has 2 amide bonds. The van der Waals surface area contributed by atoms with Crippen LogP contribution < -0.4 is 5.32 Å². The van der Waals surface area contributed by atoms with E-state index in [4.69, 9.17) is 9.52 Å². The number of carboxylic acids is 1. The van der Waals surface area contributed by atoms with Gasteiger partial charge in [0.2, 0.25) is 5.91 Å². The molecule has 26 heavy (non-hydrogen) atoms. The number of aryl methyl sites for hydroxylation is 1. The van der Waals surface area contributed by atoms with E-state index in [1.54, 1.807) is 31.2 Å². The SMILES string of the molecule is Cc1cc(NC(=O)C2CCCCN2C(=O)c2ccco2)ccc1C(=O)O. The predicted octanol–water partition coefficient (Wildman–Crippen LogP) is 2.92. The van der Waals surface area contributed by atoms with Crippen LogP contribution in [0.5, 0.6) is 0 Å². The number of aromatic carboxylic acids is 1. The summed E-state index contributed by atoms with van der Waals surface area (Å²) in [5.74, 6) is -1.38. The van der Waals surface area contributed by atoms with Crippen LogP contribution >= 0.6 is 0 Å². The first-order valence-electron chi connectivity index (χ1n) is 8.46. The summed E-state index contributed by atoms with van der Waals surface area (Å²) in [7, 11) is 0. The number of carbonyl (C=O) groups is 3. The van der Waals surface area contributed by atoms with Crippen molar-refractivity contribution < 1.29 is 23.9 Å². The van der Waals surface area contributed by atoms with Crippen LogP contribution in [0.1, 0.15) is 45.7 Å². The first-order chi connectivity index (χ1) is 12.5. The normalized spacial score (nSPS) is 17.0. The summed E-state index contributed by atoms with van der Waals surface area (Å²) in [5.41, 5.74) is 1.26. The number of benzene rings is 1. The fraction of sp³-hybridized carbons (Fsp3) is 0.316. The lowest BCUT2D eigenvalue weighted by Crippen LogP contribution is -2.49. The number of hydrogen-bond acceptors (Lipinski definition) is 4. The average Bonchev–Trinajstić information content (AvgIpc) is 3.15. The van der Waals surface area contributed by atoms with E-state index in [1.165, 1.54) is 17.2 Å². The molecule has 1 aromatic carbocycles. The van der Waals surface area contributed by atoms with Crippen molar-refractivity contribution in [2.45, 2.75) is 32.2 Å². The van der Waals surface area contributed by atoms with Crippen molar-refractivity contribution in [3.8, 4) is 0 Å². The Labute approximate surface area is 150 Å². The van der Waals surface area contributed by atoms with Crippen molar-refractivity contribution in [3.05, 3.63) is 53.5 Å². The van der Waals surface area contributed by atoms with Gasteiger partial charge in [-0.25, -0.2) is 4.79 Å². The van der Waals surface area contributed by atoms with Crippen LogP contribution in [0.4, 0.5) is 5.69 Å². The summed E-state index contributed by atoms with van der Waals surface area (Å²) in [4.78, 5) is 37.9. The van der Waals surface area contributed by atoms with Gasteiger partial charge in [-0.1, -0.05) is 0 Å². The van der Waals surface area contributed by atoms with Gasteiger partial charge >= 0.3 is 5.97 Å². The van der Waals surface area contributed by atoms with E-state index in [-0.39, 0.29) is 23.1 Å². The zero-order valence-electron chi connectivity index (χ0n) is 14.4. The molecule has 3 rings (SSSR count). The third kappa shape index (κ3) is 3.61. The van der Waals surface area contributed by atoms with Crippen LogP contribution in [0.15, 0.2) is 41.0 Å². The number of hydrogen-bond donors (Lipinski definition) is 2. The first kappa shape index (κ1) is 17.7. The highest BCUT2D eigenvalue weighted by molar-refractivity contribution is 6.00. The van der Waals surface area contributed by atoms with Gasteiger partial charge in [0.05, 0.1) is 11.8 Å². The van der Waals surface area contributed by atoms with E-state index in [2.05, 4.69) is 5.32 Å². The van der Waals surface area contributed by atoms with Crippen LogP contribution in [0.3, 0.4) is 0 Å². The highest BCUT2D eigenvalue weighted by Gasteiger charge is 2.33. The molecule has 1 aliphatic heterocycles. The lowest BCUT2D eigenvalue weighted by Gasteiger charge is -2.34. The molecule has 1 aliphatic rings. The molecule has 0 aliphatic carbocycles. The van der Waals surface area contributed by atoms with Gasteiger partial charge in [-0.15, -0.1) is 0 Å².